The lowest BCUT2D eigenvalue weighted by atomic mass is 9.87. The highest BCUT2D eigenvalue weighted by molar-refractivity contribution is 7.99. The number of aryl methyl sites for hydroxylation is 1. The molecule has 1 aromatic heterocycles. The zero-order chi connectivity index (χ0) is 22.0. The number of rotatable bonds is 5. The van der Waals surface area contributed by atoms with Crippen molar-refractivity contribution >= 4 is 17.7 Å². The number of hydrogen-bond acceptors (Lipinski definition) is 5. The fourth-order valence-corrected chi connectivity index (χ4v) is 4.63. The van der Waals surface area contributed by atoms with E-state index in [1.54, 1.807) is 0 Å². The zero-order valence-corrected chi connectivity index (χ0v) is 19.1. The maximum absolute atomic E-state index is 12.6. The summed E-state index contributed by atoms with van der Waals surface area (Å²) in [4.78, 5) is 12.6. The van der Waals surface area contributed by atoms with Gasteiger partial charge in [0, 0.05) is 5.56 Å². The number of amides is 1. The number of carbonyl (C=O) groups excluding carboxylic acids is 1. The van der Waals surface area contributed by atoms with Gasteiger partial charge in [0.05, 0.1) is 11.8 Å². The third kappa shape index (κ3) is 4.77. The smallest absolute Gasteiger partial charge is 0.230 e. The molecule has 2 aromatic carbocycles. The van der Waals surface area contributed by atoms with E-state index in [1.165, 1.54) is 33.1 Å². The molecule has 1 atom stereocenters. The van der Waals surface area contributed by atoms with Crippen LogP contribution in [0.1, 0.15) is 56.3 Å². The van der Waals surface area contributed by atoms with E-state index < -0.39 is 0 Å². The average molecular weight is 436 g/mol. The third-order valence-corrected chi connectivity index (χ3v) is 6.65. The molecule has 1 amide bonds. The van der Waals surface area contributed by atoms with E-state index in [2.05, 4.69) is 66.6 Å². The maximum Gasteiger partial charge on any atom is 0.230 e. The molecule has 4 rings (SSSR count). The van der Waals surface area contributed by atoms with Crippen molar-refractivity contribution in [3.05, 3.63) is 65.2 Å². The summed E-state index contributed by atoms with van der Waals surface area (Å²) in [5.41, 5.74) is 4.79. The second-order valence-electron chi connectivity index (χ2n) is 9.00. The van der Waals surface area contributed by atoms with Gasteiger partial charge in [-0.3, -0.25) is 4.79 Å². The third-order valence-electron chi connectivity index (χ3n) is 5.71. The van der Waals surface area contributed by atoms with Crippen LogP contribution in [0.4, 0.5) is 0 Å². The number of thioether (sulfide) groups is 1. The summed E-state index contributed by atoms with van der Waals surface area (Å²) in [6.07, 6.45) is 3.13. The van der Waals surface area contributed by atoms with Crippen molar-refractivity contribution in [2.75, 3.05) is 11.6 Å². The number of hydrogen-bond donors (Lipinski definition) is 2. The molecule has 0 spiro atoms. The molecule has 1 aliphatic rings. The van der Waals surface area contributed by atoms with E-state index in [0.717, 1.165) is 24.8 Å². The number of nitrogens with one attached hydrogen (secondary N) is 1. The van der Waals surface area contributed by atoms with Gasteiger partial charge in [0.1, 0.15) is 0 Å². The van der Waals surface area contributed by atoms with E-state index in [-0.39, 0.29) is 23.1 Å². The molecule has 7 heteroatoms. The molecule has 1 aliphatic carbocycles. The van der Waals surface area contributed by atoms with Crippen LogP contribution in [0.5, 0.6) is 0 Å². The van der Waals surface area contributed by atoms with Crippen molar-refractivity contribution in [2.24, 2.45) is 0 Å². The number of nitrogens with zero attached hydrogens (tertiary/aromatic N) is 3. The molecule has 3 aromatic rings. The Morgan fingerprint density at radius 2 is 1.90 bits per heavy atom. The number of fused-ring (bicyclic) bond motifs is 1. The quantitative estimate of drug-likeness (QED) is 0.462. The van der Waals surface area contributed by atoms with Crippen LogP contribution in [0.25, 0.3) is 11.4 Å². The van der Waals surface area contributed by atoms with Crippen LogP contribution < -0.4 is 11.2 Å². The Kier molecular flexibility index (Phi) is 6.05. The molecule has 0 aliphatic heterocycles. The van der Waals surface area contributed by atoms with E-state index in [9.17, 15) is 4.79 Å². The highest BCUT2D eigenvalue weighted by atomic mass is 32.2. The topological polar surface area (TPSA) is 85.8 Å². The van der Waals surface area contributed by atoms with Gasteiger partial charge in [-0.1, -0.05) is 81.1 Å². The monoisotopic (exact) mass is 435 g/mol. The molecule has 6 nitrogen and oxygen atoms in total. The lowest BCUT2D eigenvalue weighted by Gasteiger charge is -2.26. The summed E-state index contributed by atoms with van der Waals surface area (Å²) in [7, 11) is 0. The molecule has 0 saturated carbocycles. The number of aromatic nitrogens is 3. The first-order valence-corrected chi connectivity index (χ1v) is 11.6. The maximum atomic E-state index is 12.6. The molecular formula is C24H29N5OS. The highest BCUT2D eigenvalue weighted by Gasteiger charge is 2.22. The van der Waals surface area contributed by atoms with Gasteiger partial charge < -0.3 is 11.2 Å². The van der Waals surface area contributed by atoms with Gasteiger partial charge in [-0.05, 0) is 41.4 Å². The van der Waals surface area contributed by atoms with Gasteiger partial charge in [-0.25, -0.2) is 4.68 Å². The minimum absolute atomic E-state index is 0.0224. The largest absolute Gasteiger partial charge is 0.349 e. The van der Waals surface area contributed by atoms with E-state index in [0.29, 0.717) is 11.0 Å². The molecule has 0 bridgehead atoms. The summed E-state index contributed by atoms with van der Waals surface area (Å²) in [5, 5.41) is 12.1. The molecule has 0 radical (unpaired) electrons. The number of nitrogen functional groups attached to an aromatic ring is 1. The van der Waals surface area contributed by atoms with Crippen molar-refractivity contribution in [3.63, 3.8) is 0 Å². The van der Waals surface area contributed by atoms with Crippen molar-refractivity contribution < 1.29 is 4.79 Å². The number of nitrogens with two attached hydrogens (primary N) is 1. The SMILES string of the molecule is CC(C)(C)c1ccc(-c2nnc(SCC(=O)N[C@@H]3CCCc4ccccc43)n2N)cc1. The summed E-state index contributed by atoms with van der Waals surface area (Å²) < 4.78 is 1.46. The lowest BCUT2D eigenvalue weighted by molar-refractivity contribution is -0.119. The van der Waals surface area contributed by atoms with Gasteiger partial charge in [0.2, 0.25) is 11.1 Å². The number of carbonyl (C=O) groups is 1. The molecule has 1 heterocycles. The highest BCUT2D eigenvalue weighted by Crippen LogP contribution is 2.30. The van der Waals surface area contributed by atoms with Crippen molar-refractivity contribution in [1.29, 1.82) is 0 Å². The van der Waals surface area contributed by atoms with Crippen LogP contribution in [0.15, 0.2) is 53.7 Å². The fourth-order valence-electron chi connectivity index (χ4n) is 3.96. The lowest BCUT2D eigenvalue weighted by Crippen LogP contribution is -2.32. The first kappa shape index (κ1) is 21.4. The van der Waals surface area contributed by atoms with Crippen molar-refractivity contribution in [1.82, 2.24) is 20.2 Å². The Labute approximate surface area is 187 Å². The molecular weight excluding hydrogens is 406 g/mol. The Bertz CT molecular complexity index is 1070. The van der Waals surface area contributed by atoms with Crippen LogP contribution in [0, 0.1) is 0 Å². The Morgan fingerprint density at radius 3 is 2.65 bits per heavy atom. The minimum atomic E-state index is -0.0224. The van der Waals surface area contributed by atoms with Crippen LogP contribution in [0.3, 0.4) is 0 Å². The van der Waals surface area contributed by atoms with Crippen molar-refractivity contribution in [3.8, 4) is 11.4 Å². The van der Waals surface area contributed by atoms with Gasteiger partial charge in [0.25, 0.3) is 0 Å². The molecule has 3 N–H and O–H groups in total. The van der Waals surface area contributed by atoms with E-state index in [1.807, 2.05) is 18.2 Å². The van der Waals surface area contributed by atoms with Crippen LogP contribution in [-0.2, 0) is 16.6 Å². The summed E-state index contributed by atoms with van der Waals surface area (Å²) >= 11 is 1.30. The summed E-state index contributed by atoms with van der Waals surface area (Å²) in [5.74, 6) is 7.04. The molecule has 0 saturated heterocycles. The Balaban J connectivity index is 1.39. The zero-order valence-electron chi connectivity index (χ0n) is 18.3. The van der Waals surface area contributed by atoms with Crippen LogP contribution >= 0.6 is 11.8 Å². The first-order chi connectivity index (χ1) is 14.8. The van der Waals surface area contributed by atoms with Gasteiger partial charge in [-0.15, -0.1) is 10.2 Å². The van der Waals surface area contributed by atoms with Crippen molar-refractivity contribution in [2.45, 2.75) is 56.6 Å². The Morgan fingerprint density at radius 1 is 1.16 bits per heavy atom. The first-order valence-electron chi connectivity index (χ1n) is 10.6. The van der Waals surface area contributed by atoms with Crippen LogP contribution in [0.2, 0.25) is 0 Å². The second kappa shape index (κ2) is 8.75. The molecule has 0 unspecified atom stereocenters. The standard InChI is InChI=1S/C24H29N5OS/c1-24(2,3)18-13-11-17(12-14-18)22-27-28-23(29(22)25)31-15-21(30)26-20-10-6-8-16-7-4-5-9-19(16)20/h4-5,7,9,11-14,20H,6,8,10,15,25H2,1-3H3,(H,26,30)/t20-/m1/s1. The van der Waals surface area contributed by atoms with E-state index in [4.69, 9.17) is 5.84 Å². The molecule has 31 heavy (non-hydrogen) atoms. The summed E-state index contributed by atoms with van der Waals surface area (Å²) in [6.45, 7) is 6.54. The minimum Gasteiger partial charge on any atom is -0.349 e. The predicted molar refractivity (Wildman–Crippen MR) is 125 cm³/mol. The van der Waals surface area contributed by atoms with E-state index >= 15 is 0 Å². The number of benzene rings is 2. The van der Waals surface area contributed by atoms with Gasteiger partial charge in [0.15, 0.2) is 5.82 Å². The second-order valence-corrected chi connectivity index (χ2v) is 9.95. The predicted octanol–water partition coefficient (Wildman–Crippen LogP) is 4.24. The van der Waals surface area contributed by atoms with Gasteiger partial charge >= 0.3 is 0 Å². The average Bonchev–Trinajstić information content (AvgIpc) is 3.12. The van der Waals surface area contributed by atoms with Crippen LogP contribution in [-0.4, -0.2) is 26.5 Å². The van der Waals surface area contributed by atoms with Gasteiger partial charge in [-0.2, -0.15) is 0 Å². The molecule has 0 fully saturated rings. The molecule has 162 valence electrons. The summed E-state index contributed by atoms with van der Waals surface area (Å²) in [6, 6.07) is 16.6. The fraction of sp³-hybridized carbons (Fsp3) is 0.375. The Hall–Kier alpha value is -2.80. The normalized spacial score (nSPS) is 16.0.